The Morgan fingerprint density at radius 2 is 2.04 bits per heavy atom. The maximum absolute atomic E-state index is 12.5. The first-order valence-electron chi connectivity index (χ1n) is 8.02. The third-order valence-corrected chi connectivity index (χ3v) is 3.83. The summed E-state index contributed by atoms with van der Waals surface area (Å²) in [6.45, 7) is 0.688. The molecule has 0 N–H and O–H groups in total. The molecule has 0 saturated carbocycles. The smallest absolute Gasteiger partial charge is 0.480 e. The topological polar surface area (TPSA) is 73.8 Å². The summed E-state index contributed by atoms with van der Waals surface area (Å²) in [6.07, 6.45) is -1.68. The minimum Gasteiger partial charge on any atom is -0.480 e. The maximum atomic E-state index is 12.5. The van der Waals surface area contributed by atoms with E-state index in [4.69, 9.17) is 9.47 Å². The van der Waals surface area contributed by atoms with Crippen LogP contribution in [0.2, 0.25) is 0 Å². The number of nitrogens with zero attached hydrogens (tertiary/aromatic N) is 3. The monoisotopic (exact) mass is 383 g/mol. The summed E-state index contributed by atoms with van der Waals surface area (Å²) in [4.78, 5) is 22.1. The Morgan fingerprint density at radius 1 is 1.26 bits per heavy atom. The average molecular weight is 383 g/mol. The van der Waals surface area contributed by atoms with Crippen LogP contribution in [0, 0.1) is 0 Å². The molecule has 7 nitrogen and oxygen atoms in total. The van der Waals surface area contributed by atoms with Crippen LogP contribution in [-0.4, -0.2) is 53.4 Å². The van der Waals surface area contributed by atoms with Crippen molar-refractivity contribution < 1.29 is 32.2 Å². The van der Waals surface area contributed by atoms with E-state index < -0.39 is 18.0 Å². The SMILES string of the molecule is COc1cncc(OC2CCN(C(=O)c3cccc(OC(F)(F)F)c3)C2)n1. The Balaban J connectivity index is 1.63. The Morgan fingerprint density at radius 3 is 2.78 bits per heavy atom. The quantitative estimate of drug-likeness (QED) is 0.791. The molecule has 1 aromatic heterocycles. The van der Waals surface area contributed by atoms with Crippen molar-refractivity contribution in [2.75, 3.05) is 20.2 Å². The molecule has 0 bridgehead atoms. The van der Waals surface area contributed by atoms with E-state index in [0.29, 0.717) is 18.8 Å². The van der Waals surface area contributed by atoms with Crippen molar-refractivity contribution in [2.45, 2.75) is 18.9 Å². The second kappa shape index (κ2) is 7.68. The number of hydrogen-bond acceptors (Lipinski definition) is 6. The van der Waals surface area contributed by atoms with Crippen molar-refractivity contribution in [3.05, 3.63) is 42.2 Å². The summed E-state index contributed by atoms with van der Waals surface area (Å²) in [6, 6.07) is 4.98. The van der Waals surface area contributed by atoms with Crippen molar-refractivity contribution in [2.24, 2.45) is 0 Å². The Labute approximate surface area is 152 Å². The summed E-state index contributed by atoms with van der Waals surface area (Å²) in [5.74, 6) is -0.258. The molecule has 1 fully saturated rings. The third kappa shape index (κ3) is 4.99. The molecule has 1 saturated heterocycles. The van der Waals surface area contributed by atoms with E-state index in [9.17, 15) is 18.0 Å². The molecule has 144 valence electrons. The van der Waals surface area contributed by atoms with Gasteiger partial charge < -0.3 is 19.1 Å². The van der Waals surface area contributed by atoms with Crippen molar-refractivity contribution >= 4 is 5.91 Å². The van der Waals surface area contributed by atoms with Gasteiger partial charge in [0.1, 0.15) is 11.9 Å². The van der Waals surface area contributed by atoms with E-state index >= 15 is 0 Å². The number of halogens is 3. The van der Waals surface area contributed by atoms with E-state index in [1.54, 1.807) is 0 Å². The minimum absolute atomic E-state index is 0.110. The molecular weight excluding hydrogens is 367 g/mol. The third-order valence-electron chi connectivity index (χ3n) is 3.83. The van der Waals surface area contributed by atoms with E-state index in [-0.39, 0.29) is 24.1 Å². The number of ether oxygens (including phenoxy) is 3. The lowest BCUT2D eigenvalue weighted by Gasteiger charge is -2.17. The molecular formula is C17H16F3N3O4. The summed E-state index contributed by atoms with van der Waals surface area (Å²) >= 11 is 0. The van der Waals surface area contributed by atoms with E-state index in [1.165, 1.54) is 36.5 Å². The normalized spacial score (nSPS) is 16.9. The molecule has 1 unspecified atom stereocenters. The number of alkyl halides is 3. The molecule has 0 aliphatic carbocycles. The predicted molar refractivity (Wildman–Crippen MR) is 86.6 cm³/mol. The van der Waals surface area contributed by atoms with Crippen molar-refractivity contribution in [3.8, 4) is 17.5 Å². The minimum atomic E-state index is -4.81. The van der Waals surface area contributed by atoms with Gasteiger partial charge >= 0.3 is 6.36 Å². The van der Waals surface area contributed by atoms with Gasteiger partial charge in [-0.1, -0.05) is 6.07 Å². The Bertz CT molecular complexity index is 816. The summed E-state index contributed by atoms with van der Waals surface area (Å²) < 4.78 is 51.5. The summed E-state index contributed by atoms with van der Waals surface area (Å²) in [7, 11) is 1.46. The number of benzene rings is 1. The van der Waals surface area contributed by atoms with Gasteiger partial charge in [0.25, 0.3) is 5.91 Å². The fraction of sp³-hybridized carbons (Fsp3) is 0.353. The van der Waals surface area contributed by atoms with Gasteiger partial charge in [-0.15, -0.1) is 13.2 Å². The second-order valence-corrected chi connectivity index (χ2v) is 5.76. The first-order valence-corrected chi connectivity index (χ1v) is 8.02. The number of methoxy groups -OCH3 is 1. The fourth-order valence-corrected chi connectivity index (χ4v) is 2.67. The van der Waals surface area contributed by atoms with Gasteiger partial charge in [0.05, 0.1) is 26.0 Å². The zero-order valence-corrected chi connectivity index (χ0v) is 14.3. The molecule has 1 aliphatic rings. The molecule has 0 spiro atoms. The molecule has 3 rings (SSSR count). The van der Waals surface area contributed by atoms with Crippen molar-refractivity contribution in [1.29, 1.82) is 0 Å². The van der Waals surface area contributed by atoms with E-state index in [1.807, 2.05) is 0 Å². The lowest BCUT2D eigenvalue weighted by Crippen LogP contribution is -2.31. The molecule has 1 aromatic carbocycles. The number of carbonyl (C=O) groups is 1. The second-order valence-electron chi connectivity index (χ2n) is 5.76. The van der Waals surface area contributed by atoms with Gasteiger partial charge in [-0.2, -0.15) is 4.98 Å². The van der Waals surface area contributed by atoms with Crippen LogP contribution < -0.4 is 14.2 Å². The number of aromatic nitrogens is 2. The van der Waals surface area contributed by atoms with Gasteiger partial charge in [0.15, 0.2) is 0 Å². The zero-order chi connectivity index (χ0) is 19.4. The standard InChI is InChI=1S/C17H16F3N3O4/c1-25-14-8-21-9-15(22-14)26-13-5-6-23(10-13)16(24)11-3-2-4-12(7-11)27-17(18,19)20/h2-4,7-9,13H,5-6,10H2,1H3. The van der Waals surface area contributed by atoms with E-state index in [2.05, 4.69) is 14.7 Å². The number of amides is 1. The lowest BCUT2D eigenvalue weighted by molar-refractivity contribution is -0.274. The molecule has 10 heteroatoms. The van der Waals surface area contributed by atoms with Gasteiger partial charge in [0.2, 0.25) is 11.8 Å². The average Bonchev–Trinajstić information content (AvgIpc) is 3.08. The predicted octanol–water partition coefficient (Wildman–Crippen LogP) is 2.68. The van der Waals surface area contributed by atoms with Crippen LogP contribution >= 0.6 is 0 Å². The molecule has 2 aromatic rings. The van der Waals surface area contributed by atoms with Crippen LogP contribution in [0.3, 0.4) is 0 Å². The van der Waals surface area contributed by atoms with Crippen LogP contribution in [0.4, 0.5) is 13.2 Å². The summed E-state index contributed by atoms with van der Waals surface area (Å²) in [5, 5.41) is 0. The summed E-state index contributed by atoms with van der Waals surface area (Å²) in [5.41, 5.74) is 0.110. The Kier molecular flexibility index (Phi) is 5.33. The molecule has 27 heavy (non-hydrogen) atoms. The van der Waals surface area contributed by atoms with Gasteiger partial charge in [-0.3, -0.25) is 9.78 Å². The van der Waals surface area contributed by atoms with Crippen LogP contribution in [-0.2, 0) is 0 Å². The van der Waals surface area contributed by atoms with Crippen LogP contribution in [0.1, 0.15) is 16.8 Å². The Hall–Kier alpha value is -3.04. The molecule has 1 aliphatic heterocycles. The highest BCUT2D eigenvalue weighted by molar-refractivity contribution is 5.94. The molecule has 0 radical (unpaired) electrons. The molecule has 1 amide bonds. The number of likely N-dealkylation sites (tertiary alicyclic amines) is 1. The van der Waals surface area contributed by atoms with Gasteiger partial charge in [-0.05, 0) is 18.2 Å². The van der Waals surface area contributed by atoms with Crippen LogP contribution in [0.25, 0.3) is 0 Å². The van der Waals surface area contributed by atoms with Crippen LogP contribution in [0.5, 0.6) is 17.5 Å². The lowest BCUT2D eigenvalue weighted by atomic mass is 10.2. The highest BCUT2D eigenvalue weighted by atomic mass is 19.4. The molecule has 1 atom stereocenters. The van der Waals surface area contributed by atoms with Crippen molar-refractivity contribution in [1.82, 2.24) is 14.9 Å². The maximum Gasteiger partial charge on any atom is 0.573 e. The number of carbonyl (C=O) groups excluding carboxylic acids is 1. The first-order chi connectivity index (χ1) is 12.8. The number of rotatable bonds is 5. The highest BCUT2D eigenvalue weighted by Crippen LogP contribution is 2.25. The van der Waals surface area contributed by atoms with Crippen LogP contribution in [0.15, 0.2) is 36.7 Å². The largest absolute Gasteiger partial charge is 0.573 e. The number of hydrogen-bond donors (Lipinski definition) is 0. The zero-order valence-electron chi connectivity index (χ0n) is 14.3. The van der Waals surface area contributed by atoms with Gasteiger partial charge in [0, 0.05) is 18.5 Å². The van der Waals surface area contributed by atoms with E-state index in [0.717, 1.165) is 12.1 Å². The fourth-order valence-electron chi connectivity index (χ4n) is 2.67. The molecule has 2 heterocycles. The van der Waals surface area contributed by atoms with Gasteiger partial charge in [-0.25, -0.2) is 0 Å². The highest BCUT2D eigenvalue weighted by Gasteiger charge is 2.32. The van der Waals surface area contributed by atoms with Crippen molar-refractivity contribution in [3.63, 3.8) is 0 Å². The first kappa shape index (κ1) is 18.7.